The zero-order valence-electron chi connectivity index (χ0n) is 12.7. The van der Waals surface area contributed by atoms with Crippen LogP contribution in [-0.2, 0) is 16.4 Å². The number of hydrogen-bond donors (Lipinski definition) is 1. The van der Waals surface area contributed by atoms with E-state index in [0.717, 1.165) is 22.8 Å². The predicted octanol–water partition coefficient (Wildman–Crippen LogP) is 3.10. The maximum absolute atomic E-state index is 11.4. The molecule has 0 amide bonds. The third-order valence-electron chi connectivity index (χ3n) is 2.90. The van der Waals surface area contributed by atoms with Crippen molar-refractivity contribution in [1.82, 2.24) is 10.3 Å². The van der Waals surface area contributed by atoms with Crippen LogP contribution in [-0.4, -0.2) is 25.2 Å². The standard InChI is InChI=1S/C15H20N2O2S2/c1-15(2,3)16-9-14-17-13(10-20-14)11-5-7-12(8-6-11)21(4,18)19/h5-8,10,16H,9H2,1-4H3. The Morgan fingerprint density at radius 2 is 1.81 bits per heavy atom. The molecule has 1 N–H and O–H groups in total. The number of nitrogens with one attached hydrogen (secondary N) is 1. The van der Waals surface area contributed by atoms with Gasteiger partial charge in [0.2, 0.25) is 0 Å². The Morgan fingerprint density at radius 3 is 2.33 bits per heavy atom. The third kappa shape index (κ3) is 4.62. The fourth-order valence-corrected chi connectivity index (χ4v) is 3.11. The molecule has 21 heavy (non-hydrogen) atoms. The van der Waals surface area contributed by atoms with Crippen LogP contribution in [0.2, 0.25) is 0 Å². The van der Waals surface area contributed by atoms with Crippen LogP contribution in [0.4, 0.5) is 0 Å². The van der Waals surface area contributed by atoms with Crippen molar-refractivity contribution in [2.24, 2.45) is 0 Å². The van der Waals surface area contributed by atoms with E-state index in [2.05, 4.69) is 31.1 Å². The number of sulfone groups is 1. The van der Waals surface area contributed by atoms with Gasteiger partial charge in [-0.15, -0.1) is 11.3 Å². The highest BCUT2D eigenvalue weighted by molar-refractivity contribution is 7.90. The molecule has 0 bridgehead atoms. The van der Waals surface area contributed by atoms with Crippen LogP contribution in [0.1, 0.15) is 25.8 Å². The Morgan fingerprint density at radius 1 is 1.19 bits per heavy atom. The van der Waals surface area contributed by atoms with Gasteiger partial charge in [0.15, 0.2) is 9.84 Å². The Kier molecular flexibility index (Phi) is 4.51. The largest absolute Gasteiger partial charge is 0.306 e. The third-order valence-corrected chi connectivity index (χ3v) is 4.88. The molecule has 1 aromatic carbocycles. The molecule has 0 aliphatic rings. The first-order valence-corrected chi connectivity index (χ1v) is 9.42. The molecule has 0 saturated carbocycles. The maximum Gasteiger partial charge on any atom is 0.175 e. The normalized spacial score (nSPS) is 12.6. The number of nitrogens with zero attached hydrogens (tertiary/aromatic N) is 1. The summed E-state index contributed by atoms with van der Waals surface area (Å²) in [5.74, 6) is 0. The summed E-state index contributed by atoms with van der Waals surface area (Å²) in [6.07, 6.45) is 1.21. The molecular weight excluding hydrogens is 304 g/mol. The number of aromatic nitrogens is 1. The summed E-state index contributed by atoms with van der Waals surface area (Å²) in [7, 11) is -3.15. The smallest absolute Gasteiger partial charge is 0.175 e. The van der Waals surface area contributed by atoms with Crippen LogP contribution in [0.15, 0.2) is 34.5 Å². The highest BCUT2D eigenvalue weighted by Gasteiger charge is 2.11. The van der Waals surface area contributed by atoms with Gasteiger partial charge in [-0.25, -0.2) is 13.4 Å². The molecular formula is C15H20N2O2S2. The molecule has 2 aromatic rings. The first-order chi connectivity index (χ1) is 9.65. The van der Waals surface area contributed by atoms with Gasteiger partial charge in [0.1, 0.15) is 5.01 Å². The van der Waals surface area contributed by atoms with E-state index in [-0.39, 0.29) is 5.54 Å². The van der Waals surface area contributed by atoms with Gasteiger partial charge in [0.05, 0.1) is 10.6 Å². The van der Waals surface area contributed by atoms with Gasteiger partial charge < -0.3 is 5.32 Å². The summed E-state index contributed by atoms with van der Waals surface area (Å²) in [6.45, 7) is 7.08. The molecule has 0 fully saturated rings. The summed E-state index contributed by atoms with van der Waals surface area (Å²) in [6, 6.07) is 6.84. The van der Waals surface area contributed by atoms with Crippen LogP contribution in [0.5, 0.6) is 0 Å². The van der Waals surface area contributed by atoms with E-state index < -0.39 is 9.84 Å². The molecule has 2 rings (SSSR count). The van der Waals surface area contributed by atoms with Crippen molar-refractivity contribution in [2.75, 3.05) is 6.26 Å². The average Bonchev–Trinajstić information content (AvgIpc) is 2.83. The van der Waals surface area contributed by atoms with Gasteiger partial charge >= 0.3 is 0 Å². The highest BCUT2D eigenvalue weighted by atomic mass is 32.2. The van der Waals surface area contributed by atoms with Gasteiger partial charge in [0, 0.05) is 29.3 Å². The number of benzene rings is 1. The molecule has 0 spiro atoms. The lowest BCUT2D eigenvalue weighted by atomic mass is 10.1. The molecule has 6 heteroatoms. The minimum atomic E-state index is -3.15. The lowest BCUT2D eigenvalue weighted by Crippen LogP contribution is -2.34. The van der Waals surface area contributed by atoms with Crippen molar-refractivity contribution >= 4 is 21.2 Å². The van der Waals surface area contributed by atoms with Crippen LogP contribution in [0.25, 0.3) is 11.3 Å². The molecule has 0 unspecified atom stereocenters. The van der Waals surface area contributed by atoms with Crippen LogP contribution < -0.4 is 5.32 Å². The molecule has 114 valence electrons. The fraction of sp³-hybridized carbons (Fsp3) is 0.400. The van der Waals surface area contributed by atoms with Crippen molar-refractivity contribution in [3.63, 3.8) is 0 Å². The lowest BCUT2D eigenvalue weighted by Gasteiger charge is -2.19. The second-order valence-electron chi connectivity index (χ2n) is 6.03. The quantitative estimate of drug-likeness (QED) is 0.939. The molecule has 1 aromatic heterocycles. The Bertz CT molecular complexity index is 711. The van der Waals surface area contributed by atoms with Crippen molar-refractivity contribution in [3.8, 4) is 11.3 Å². The van der Waals surface area contributed by atoms with E-state index in [1.807, 2.05) is 5.38 Å². The van der Waals surface area contributed by atoms with Crippen molar-refractivity contribution in [1.29, 1.82) is 0 Å². The summed E-state index contributed by atoms with van der Waals surface area (Å²) in [4.78, 5) is 4.91. The Hall–Kier alpha value is -1.24. The second kappa shape index (κ2) is 5.87. The predicted molar refractivity (Wildman–Crippen MR) is 87.3 cm³/mol. The van der Waals surface area contributed by atoms with Crippen LogP contribution in [0.3, 0.4) is 0 Å². The van der Waals surface area contributed by atoms with Gasteiger partial charge in [-0.2, -0.15) is 0 Å². The van der Waals surface area contributed by atoms with Crippen molar-refractivity contribution in [3.05, 3.63) is 34.7 Å². The first kappa shape index (κ1) is 16.1. The van der Waals surface area contributed by atoms with E-state index >= 15 is 0 Å². The summed E-state index contributed by atoms with van der Waals surface area (Å²) >= 11 is 1.60. The molecule has 0 radical (unpaired) electrons. The molecule has 0 aliphatic heterocycles. The minimum Gasteiger partial charge on any atom is -0.306 e. The van der Waals surface area contributed by atoms with E-state index in [9.17, 15) is 8.42 Å². The number of hydrogen-bond acceptors (Lipinski definition) is 5. The fourth-order valence-electron chi connectivity index (χ4n) is 1.74. The van der Waals surface area contributed by atoms with E-state index in [1.165, 1.54) is 6.26 Å². The lowest BCUT2D eigenvalue weighted by molar-refractivity contribution is 0.424. The zero-order valence-corrected chi connectivity index (χ0v) is 14.3. The monoisotopic (exact) mass is 324 g/mol. The molecule has 1 heterocycles. The molecule has 4 nitrogen and oxygen atoms in total. The summed E-state index contributed by atoms with van der Waals surface area (Å²) < 4.78 is 22.9. The maximum atomic E-state index is 11.4. The van der Waals surface area contributed by atoms with Gasteiger partial charge in [-0.05, 0) is 32.9 Å². The van der Waals surface area contributed by atoms with Crippen molar-refractivity contribution < 1.29 is 8.42 Å². The second-order valence-corrected chi connectivity index (χ2v) is 8.98. The highest BCUT2D eigenvalue weighted by Crippen LogP contribution is 2.23. The van der Waals surface area contributed by atoms with E-state index in [4.69, 9.17) is 0 Å². The number of rotatable bonds is 4. The SMILES string of the molecule is CC(C)(C)NCc1nc(-c2ccc(S(C)(=O)=O)cc2)cs1. The minimum absolute atomic E-state index is 0.0585. The molecule has 0 aliphatic carbocycles. The average molecular weight is 324 g/mol. The zero-order chi connectivity index (χ0) is 15.7. The van der Waals surface area contributed by atoms with Gasteiger partial charge in [-0.3, -0.25) is 0 Å². The summed E-state index contributed by atoms with van der Waals surface area (Å²) in [5, 5.41) is 6.42. The van der Waals surface area contributed by atoms with E-state index in [1.54, 1.807) is 35.6 Å². The van der Waals surface area contributed by atoms with E-state index in [0.29, 0.717) is 4.90 Å². The Labute approximate surface area is 130 Å². The molecule has 0 atom stereocenters. The molecule has 0 saturated heterocycles. The van der Waals surface area contributed by atoms with Gasteiger partial charge in [0.25, 0.3) is 0 Å². The summed E-state index contributed by atoms with van der Waals surface area (Å²) in [5.41, 5.74) is 1.87. The number of thiazole rings is 1. The topological polar surface area (TPSA) is 59.1 Å². The van der Waals surface area contributed by atoms with Crippen LogP contribution >= 0.6 is 11.3 Å². The first-order valence-electron chi connectivity index (χ1n) is 6.65. The van der Waals surface area contributed by atoms with Crippen LogP contribution in [0, 0.1) is 0 Å². The van der Waals surface area contributed by atoms with Gasteiger partial charge in [-0.1, -0.05) is 12.1 Å². The van der Waals surface area contributed by atoms with Crippen molar-refractivity contribution in [2.45, 2.75) is 37.8 Å². The Balaban J connectivity index is 2.14.